The molecule has 1 aromatic heterocycles. The van der Waals surface area contributed by atoms with Gasteiger partial charge in [-0.15, -0.1) is 0 Å². The first-order valence-corrected chi connectivity index (χ1v) is 26.7. The molecule has 4 aliphatic heterocycles. The second-order valence-electron chi connectivity index (χ2n) is 21.9. The lowest BCUT2D eigenvalue weighted by Gasteiger charge is -2.33. The molecule has 0 atom stereocenters. The second-order valence-corrected chi connectivity index (χ2v) is 21.9. The summed E-state index contributed by atoms with van der Waals surface area (Å²) in [5.41, 5.74) is 23.1. The van der Waals surface area contributed by atoms with E-state index in [4.69, 9.17) is 18.9 Å². The number of aromatic nitrogens is 1. The fraction of sp³-hybridized carbons (Fsp3) is 0.0571. The summed E-state index contributed by atoms with van der Waals surface area (Å²) in [5, 5.41) is 2.53. The van der Waals surface area contributed by atoms with Crippen molar-refractivity contribution in [3.63, 3.8) is 0 Å². The lowest BCUT2D eigenvalue weighted by molar-refractivity contribution is 0.464. The van der Waals surface area contributed by atoms with Crippen molar-refractivity contribution in [3.05, 3.63) is 230 Å². The first kappa shape index (κ1) is 42.9. The number of rotatable bonds is 4. The molecule has 0 amide bonds. The Bertz CT molecular complexity index is 4470. The third-order valence-electron chi connectivity index (χ3n) is 17.4. The average Bonchev–Trinajstić information content (AvgIpc) is 4.13. The first-order chi connectivity index (χ1) is 37.8. The van der Waals surface area contributed by atoms with Gasteiger partial charge in [0.1, 0.15) is 46.0 Å². The molecule has 360 valence electrons. The normalized spacial score (nSPS) is 14.1. The molecule has 12 aromatic rings. The van der Waals surface area contributed by atoms with Crippen LogP contribution in [0.25, 0.3) is 77.4 Å². The summed E-state index contributed by atoms with van der Waals surface area (Å²) < 4.78 is 29.5. The van der Waals surface area contributed by atoms with Gasteiger partial charge in [-0.3, -0.25) is 0 Å². The SMILES string of the molecule is Cn1c2c(-c3cccc(-c4cc5c6c(c4)Oc4ccccc4B6c4ccccc4O5)c3)cccc2c2c3c(cc(-c4cccc(-c5cc6c7c(c5)Oc5ccccc5B7c5ccccc5O6)c4)c21)-c1ccccc1C3(C)C. The largest absolute Gasteiger partial charge is 0.458 e. The molecule has 5 nitrogen and oxygen atoms in total. The minimum absolute atomic E-state index is 0.0199. The summed E-state index contributed by atoms with van der Waals surface area (Å²) >= 11 is 0. The van der Waals surface area contributed by atoms with Gasteiger partial charge in [0.25, 0.3) is 13.4 Å². The molecule has 0 saturated heterocycles. The van der Waals surface area contributed by atoms with Crippen molar-refractivity contribution >= 4 is 68.0 Å². The van der Waals surface area contributed by atoms with Crippen LogP contribution in [0.15, 0.2) is 218 Å². The lowest BCUT2D eigenvalue weighted by Crippen LogP contribution is -2.57. The fourth-order valence-electron chi connectivity index (χ4n) is 14.1. The van der Waals surface area contributed by atoms with E-state index in [9.17, 15) is 0 Å². The van der Waals surface area contributed by atoms with Gasteiger partial charge in [0, 0.05) is 45.3 Å². The molecule has 77 heavy (non-hydrogen) atoms. The number of hydrogen-bond donors (Lipinski definition) is 0. The molecule has 7 heteroatoms. The van der Waals surface area contributed by atoms with E-state index in [1.54, 1.807) is 0 Å². The van der Waals surface area contributed by atoms with Crippen molar-refractivity contribution in [2.24, 2.45) is 7.05 Å². The van der Waals surface area contributed by atoms with E-state index in [0.29, 0.717) is 0 Å². The van der Waals surface area contributed by atoms with E-state index in [0.717, 1.165) is 112 Å². The number of hydrogen-bond acceptors (Lipinski definition) is 4. The molecule has 0 N–H and O–H groups in total. The monoisotopic (exact) mass is 985 g/mol. The van der Waals surface area contributed by atoms with Gasteiger partial charge in [0.05, 0.1) is 11.0 Å². The topological polar surface area (TPSA) is 41.9 Å². The van der Waals surface area contributed by atoms with Crippen molar-refractivity contribution in [1.82, 2.24) is 4.57 Å². The minimum Gasteiger partial charge on any atom is -0.458 e. The van der Waals surface area contributed by atoms with Gasteiger partial charge in [-0.2, -0.15) is 0 Å². The third-order valence-corrected chi connectivity index (χ3v) is 17.4. The zero-order chi connectivity index (χ0) is 50.8. The summed E-state index contributed by atoms with van der Waals surface area (Å²) in [6.45, 7) is 4.84. The van der Waals surface area contributed by atoms with Gasteiger partial charge in [-0.25, -0.2) is 0 Å². The van der Waals surface area contributed by atoms with Crippen molar-refractivity contribution in [3.8, 4) is 102 Å². The molecule has 0 spiro atoms. The molecule has 5 aliphatic rings. The highest BCUT2D eigenvalue weighted by Crippen LogP contribution is 2.56. The van der Waals surface area contributed by atoms with Crippen LogP contribution in [0.2, 0.25) is 0 Å². The zero-order valence-corrected chi connectivity index (χ0v) is 42.5. The number of nitrogens with zero attached hydrogens (tertiary/aromatic N) is 1. The molecule has 0 bridgehead atoms. The van der Waals surface area contributed by atoms with Crippen LogP contribution in [0.3, 0.4) is 0 Å². The Labute approximate surface area is 446 Å². The maximum atomic E-state index is 6.77. The van der Waals surface area contributed by atoms with Gasteiger partial charge in [-0.05, 0) is 144 Å². The number of aryl methyl sites for hydroxylation is 1. The highest BCUT2D eigenvalue weighted by atomic mass is 16.5. The molecule has 0 saturated carbocycles. The minimum atomic E-state index is -0.245. The van der Waals surface area contributed by atoms with Crippen molar-refractivity contribution in [1.29, 1.82) is 0 Å². The maximum absolute atomic E-state index is 6.77. The van der Waals surface area contributed by atoms with Gasteiger partial charge < -0.3 is 23.5 Å². The van der Waals surface area contributed by atoms with Gasteiger partial charge in [0.2, 0.25) is 0 Å². The van der Waals surface area contributed by atoms with Gasteiger partial charge >= 0.3 is 0 Å². The van der Waals surface area contributed by atoms with E-state index < -0.39 is 0 Å². The van der Waals surface area contributed by atoms with E-state index in [1.807, 2.05) is 0 Å². The quantitative estimate of drug-likeness (QED) is 0.165. The van der Waals surface area contributed by atoms with E-state index in [1.165, 1.54) is 55.2 Å². The third kappa shape index (κ3) is 5.97. The predicted octanol–water partition coefficient (Wildman–Crippen LogP) is 13.8. The molecule has 0 fully saturated rings. The molecule has 5 heterocycles. The Balaban J connectivity index is 0.835. The molecule has 1 aliphatic carbocycles. The van der Waals surface area contributed by atoms with E-state index >= 15 is 0 Å². The van der Waals surface area contributed by atoms with E-state index in [2.05, 4.69) is 244 Å². The van der Waals surface area contributed by atoms with Crippen LogP contribution in [0.4, 0.5) is 0 Å². The number of fused-ring (bicyclic) bond motifs is 15. The number of ether oxygens (including phenoxy) is 4. The van der Waals surface area contributed by atoms with Crippen LogP contribution in [0, 0.1) is 0 Å². The van der Waals surface area contributed by atoms with E-state index in [-0.39, 0.29) is 18.8 Å². The van der Waals surface area contributed by atoms with Crippen molar-refractivity contribution < 1.29 is 18.9 Å². The zero-order valence-electron chi connectivity index (χ0n) is 42.5. The highest BCUT2D eigenvalue weighted by molar-refractivity contribution is 6.99. The van der Waals surface area contributed by atoms with Crippen LogP contribution in [-0.2, 0) is 12.5 Å². The Kier molecular flexibility index (Phi) is 8.66. The Hall–Kier alpha value is -9.45. The Morgan fingerprint density at radius 3 is 1.26 bits per heavy atom. The number of benzene rings is 11. The van der Waals surface area contributed by atoms with Crippen molar-refractivity contribution in [2.75, 3.05) is 0 Å². The van der Waals surface area contributed by atoms with Crippen LogP contribution >= 0.6 is 0 Å². The molecule has 0 radical (unpaired) electrons. The fourth-order valence-corrected chi connectivity index (χ4v) is 14.1. The van der Waals surface area contributed by atoms with Crippen LogP contribution in [-0.4, -0.2) is 18.0 Å². The molecular weight excluding hydrogens is 940 g/mol. The Morgan fingerprint density at radius 1 is 0.338 bits per heavy atom. The smallest absolute Gasteiger partial charge is 0.260 e. The summed E-state index contributed by atoms with van der Waals surface area (Å²) in [4.78, 5) is 0. The van der Waals surface area contributed by atoms with Crippen LogP contribution < -0.4 is 51.7 Å². The van der Waals surface area contributed by atoms with Crippen molar-refractivity contribution in [2.45, 2.75) is 19.3 Å². The number of para-hydroxylation sites is 5. The Morgan fingerprint density at radius 2 is 0.753 bits per heavy atom. The molecule has 11 aromatic carbocycles. The highest BCUT2D eigenvalue weighted by Gasteiger charge is 2.43. The standard InChI is InChI=1S/C70H45B2NO4/c1-70(2)51-24-5-4-21-47(51)50-39-49(43-20-15-18-41(34-43)45-37-62-67-63(38-45)77-59-32-13-9-28-55(59)72(67)54-27-8-12-31-58(54)76-62)69-64(65(50)70)48-23-16-22-46(68(48)73(69)3)42-19-14-17-40(33-42)44-35-60-66-61(36-44)75-57-30-11-7-26-53(57)71(66)52-25-6-10-29-56(52)74-60/h4-39H,1-3H3. The maximum Gasteiger partial charge on any atom is 0.260 e. The predicted molar refractivity (Wildman–Crippen MR) is 315 cm³/mol. The molecule has 17 rings (SSSR count). The average molecular weight is 986 g/mol. The molecule has 0 unspecified atom stereocenters. The lowest BCUT2D eigenvalue weighted by atomic mass is 9.35. The first-order valence-electron chi connectivity index (χ1n) is 26.7. The second kappa shape index (κ2) is 15.6. The summed E-state index contributed by atoms with van der Waals surface area (Å²) in [6.07, 6.45) is 0. The van der Waals surface area contributed by atoms with Gasteiger partial charge in [0.15, 0.2) is 0 Å². The summed E-state index contributed by atoms with van der Waals surface area (Å²) in [7, 11) is 2.26. The summed E-state index contributed by atoms with van der Waals surface area (Å²) in [5.74, 6) is 6.86. The van der Waals surface area contributed by atoms with Crippen LogP contribution in [0.5, 0.6) is 46.0 Å². The van der Waals surface area contributed by atoms with Gasteiger partial charge in [-0.1, -0.05) is 166 Å². The molecular formula is C70H45B2NO4. The summed E-state index contributed by atoms with van der Waals surface area (Å²) in [6, 6.07) is 78.8. The van der Waals surface area contributed by atoms with Crippen LogP contribution in [0.1, 0.15) is 25.0 Å².